The lowest BCUT2D eigenvalue weighted by Crippen LogP contribution is -2.37. The third kappa shape index (κ3) is 4.25. The van der Waals surface area contributed by atoms with Gasteiger partial charge < -0.3 is 4.74 Å². The van der Waals surface area contributed by atoms with Crippen molar-refractivity contribution in [3.05, 3.63) is 77.9 Å². The van der Waals surface area contributed by atoms with Gasteiger partial charge in [-0.25, -0.2) is 12.7 Å². The maximum absolute atomic E-state index is 14.0. The Balaban J connectivity index is 1.72. The van der Waals surface area contributed by atoms with E-state index in [-0.39, 0.29) is 22.1 Å². The first-order chi connectivity index (χ1) is 18.3. The molecule has 1 atom stereocenters. The van der Waals surface area contributed by atoms with E-state index in [1.807, 2.05) is 81.4 Å². The van der Waals surface area contributed by atoms with Crippen LogP contribution >= 0.6 is 11.8 Å². The Morgan fingerprint density at radius 2 is 1.66 bits per heavy atom. The fourth-order valence-corrected chi connectivity index (χ4v) is 7.84. The maximum atomic E-state index is 14.0. The fraction of sp³-hybridized carbons (Fsp3) is 0.259. The van der Waals surface area contributed by atoms with Gasteiger partial charge in [0.05, 0.1) is 29.3 Å². The van der Waals surface area contributed by atoms with Gasteiger partial charge in [-0.15, -0.1) is 5.10 Å². The molecule has 1 aliphatic rings. The minimum atomic E-state index is -4.14. The number of amides is 1. The topological polar surface area (TPSA) is 107 Å². The van der Waals surface area contributed by atoms with Gasteiger partial charge in [-0.3, -0.25) is 4.79 Å². The van der Waals surface area contributed by atoms with E-state index in [4.69, 9.17) is 4.74 Å². The first-order valence-corrected chi connectivity index (χ1v) is 14.5. The van der Waals surface area contributed by atoms with Gasteiger partial charge in [-0.05, 0) is 52.6 Å². The van der Waals surface area contributed by atoms with Crippen molar-refractivity contribution in [3.8, 4) is 22.8 Å². The molecule has 0 saturated heterocycles. The molecule has 196 valence electrons. The van der Waals surface area contributed by atoms with Gasteiger partial charge in [0.15, 0.2) is 5.82 Å². The number of thioether (sulfide) groups is 1. The predicted octanol–water partition coefficient (Wildman–Crippen LogP) is 5.13. The SMILES string of the molecule is CCC(Sc1ccccc1)N1C(=O)c2c(cc(OC)c(-c3nnnn3-c3ccccc3)c2C(C)C)S1(=O)=O. The Bertz CT molecular complexity index is 1590. The number of carbonyl (C=O) groups is 1. The number of benzene rings is 3. The van der Waals surface area contributed by atoms with E-state index in [1.165, 1.54) is 24.9 Å². The highest BCUT2D eigenvalue weighted by atomic mass is 32.2. The van der Waals surface area contributed by atoms with Crippen LogP contribution < -0.4 is 4.74 Å². The van der Waals surface area contributed by atoms with Crippen molar-refractivity contribution in [2.75, 3.05) is 7.11 Å². The number of sulfonamides is 1. The van der Waals surface area contributed by atoms with Crippen LogP contribution in [0.5, 0.6) is 5.75 Å². The van der Waals surface area contributed by atoms with Crippen LogP contribution in [0.1, 0.15) is 49.0 Å². The lowest BCUT2D eigenvalue weighted by Gasteiger charge is -2.25. The van der Waals surface area contributed by atoms with Crippen molar-refractivity contribution in [1.29, 1.82) is 0 Å². The zero-order chi connectivity index (χ0) is 27.0. The Labute approximate surface area is 225 Å². The second-order valence-electron chi connectivity index (χ2n) is 9.05. The molecule has 1 amide bonds. The number of carbonyl (C=O) groups excluding carboxylic acids is 1. The summed E-state index contributed by atoms with van der Waals surface area (Å²) in [6.45, 7) is 5.69. The van der Waals surface area contributed by atoms with E-state index in [1.54, 1.807) is 4.68 Å². The minimum Gasteiger partial charge on any atom is -0.496 e. The van der Waals surface area contributed by atoms with Gasteiger partial charge in [0.1, 0.15) is 10.6 Å². The quantitative estimate of drug-likeness (QED) is 0.278. The highest BCUT2D eigenvalue weighted by Gasteiger charge is 2.48. The van der Waals surface area contributed by atoms with Gasteiger partial charge in [-0.2, -0.15) is 4.68 Å². The highest BCUT2D eigenvalue weighted by Crippen LogP contribution is 2.47. The van der Waals surface area contributed by atoms with Crippen molar-refractivity contribution in [2.45, 2.75) is 48.3 Å². The van der Waals surface area contributed by atoms with Crippen LogP contribution in [0.15, 0.2) is 76.5 Å². The zero-order valence-electron chi connectivity index (χ0n) is 21.4. The molecule has 38 heavy (non-hydrogen) atoms. The van der Waals surface area contributed by atoms with E-state index in [9.17, 15) is 13.2 Å². The van der Waals surface area contributed by atoms with Crippen molar-refractivity contribution in [1.82, 2.24) is 24.5 Å². The molecule has 1 aromatic heterocycles. The summed E-state index contributed by atoms with van der Waals surface area (Å²) in [5, 5.41) is 11.7. The van der Waals surface area contributed by atoms with Crippen molar-refractivity contribution in [3.63, 3.8) is 0 Å². The number of nitrogens with zero attached hydrogens (tertiary/aromatic N) is 5. The molecule has 0 N–H and O–H groups in total. The van der Waals surface area contributed by atoms with Crippen molar-refractivity contribution in [2.24, 2.45) is 0 Å². The molecule has 0 fully saturated rings. The largest absolute Gasteiger partial charge is 0.496 e. The molecular formula is C27H27N5O4S2. The first kappa shape index (κ1) is 25.9. The smallest absolute Gasteiger partial charge is 0.270 e. The summed E-state index contributed by atoms with van der Waals surface area (Å²) in [5.74, 6) is -0.160. The summed E-state index contributed by atoms with van der Waals surface area (Å²) in [4.78, 5) is 14.9. The molecule has 5 rings (SSSR count). The number of ether oxygens (including phenoxy) is 1. The number of rotatable bonds is 8. The van der Waals surface area contributed by atoms with Gasteiger partial charge in [-0.1, -0.05) is 68.9 Å². The van der Waals surface area contributed by atoms with E-state index in [0.717, 1.165) is 14.9 Å². The highest BCUT2D eigenvalue weighted by molar-refractivity contribution is 8.01. The minimum absolute atomic E-state index is 0.0577. The molecule has 2 heterocycles. The normalized spacial score (nSPS) is 15.1. The average molecular weight is 550 g/mol. The molecule has 0 saturated carbocycles. The summed E-state index contributed by atoms with van der Waals surface area (Å²) in [6, 6.07) is 20.2. The molecule has 11 heteroatoms. The number of aromatic nitrogens is 4. The van der Waals surface area contributed by atoms with Crippen molar-refractivity contribution >= 4 is 27.7 Å². The number of methoxy groups -OCH3 is 1. The lowest BCUT2D eigenvalue weighted by atomic mass is 9.90. The second kappa shape index (κ2) is 10.2. The summed E-state index contributed by atoms with van der Waals surface area (Å²) >= 11 is 1.35. The van der Waals surface area contributed by atoms with Crippen LogP contribution in [-0.4, -0.2) is 51.3 Å². The number of para-hydroxylation sites is 1. The first-order valence-electron chi connectivity index (χ1n) is 12.2. The average Bonchev–Trinajstić information content (AvgIpc) is 3.48. The lowest BCUT2D eigenvalue weighted by molar-refractivity contribution is 0.0859. The third-order valence-electron chi connectivity index (χ3n) is 6.36. The summed E-state index contributed by atoms with van der Waals surface area (Å²) < 4.78 is 36.1. The van der Waals surface area contributed by atoms with Crippen LogP contribution in [0.2, 0.25) is 0 Å². The summed E-state index contributed by atoms with van der Waals surface area (Å²) in [7, 11) is -2.67. The molecule has 4 aromatic rings. The summed E-state index contributed by atoms with van der Waals surface area (Å²) in [6.07, 6.45) is 0.436. The molecule has 0 spiro atoms. The molecule has 0 bridgehead atoms. The molecule has 0 aliphatic carbocycles. The van der Waals surface area contributed by atoms with Gasteiger partial charge >= 0.3 is 0 Å². The monoisotopic (exact) mass is 549 g/mol. The number of fused-ring (bicyclic) bond motifs is 1. The molecule has 1 unspecified atom stereocenters. The number of hydrogen-bond acceptors (Lipinski definition) is 8. The predicted molar refractivity (Wildman–Crippen MR) is 145 cm³/mol. The van der Waals surface area contributed by atoms with Gasteiger partial charge in [0.25, 0.3) is 15.9 Å². The van der Waals surface area contributed by atoms with Crippen molar-refractivity contribution < 1.29 is 17.9 Å². The van der Waals surface area contributed by atoms with Crippen LogP contribution in [0, 0.1) is 0 Å². The number of hydrogen-bond donors (Lipinski definition) is 0. The van der Waals surface area contributed by atoms with E-state index >= 15 is 0 Å². The van der Waals surface area contributed by atoms with Crippen LogP contribution in [0.25, 0.3) is 17.1 Å². The van der Waals surface area contributed by atoms with Crippen LogP contribution in [0.3, 0.4) is 0 Å². The molecular weight excluding hydrogens is 522 g/mol. The van der Waals surface area contributed by atoms with Crippen LogP contribution in [0.4, 0.5) is 0 Å². The third-order valence-corrected chi connectivity index (χ3v) is 9.67. The second-order valence-corrected chi connectivity index (χ2v) is 12.1. The Morgan fingerprint density at radius 1 is 1.00 bits per heavy atom. The molecule has 9 nitrogen and oxygen atoms in total. The molecule has 1 aliphatic heterocycles. The maximum Gasteiger partial charge on any atom is 0.270 e. The summed E-state index contributed by atoms with van der Waals surface area (Å²) in [5.41, 5.74) is 1.88. The van der Waals surface area contributed by atoms with E-state index < -0.39 is 21.3 Å². The molecule has 3 aromatic carbocycles. The van der Waals surface area contributed by atoms with Gasteiger partial charge in [0.2, 0.25) is 0 Å². The fourth-order valence-electron chi connectivity index (χ4n) is 4.70. The Morgan fingerprint density at radius 3 is 2.26 bits per heavy atom. The number of tetrazole rings is 1. The van der Waals surface area contributed by atoms with E-state index in [2.05, 4.69) is 15.5 Å². The Kier molecular flexibility index (Phi) is 6.97. The standard InChI is InChI=1S/C27H27N5O4S2/c1-5-22(37-19-14-10-7-11-15-19)32-27(33)25-21(38(32,34)35)16-20(36-4)24(23(25)17(2)3)26-28-29-30-31(26)18-12-8-6-9-13-18/h6-17,22H,5H2,1-4H3. The van der Waals surface area contributed by atoms with Crippen LogP contribution in [-0.2, 0) is 10.0 Å². The molecule has 0 radical (unpaired) electrons. The van der Waals surface area contributed by atoms with Gasteiger partial charge in [0, 0.05) is 11.0 Å². The zero-order valence-corrected chi connectivity index (χ0v) is 23.0. The Hall–Kier alpha value is -3.70. The van der Waals surface area contributed by atoms with E-state index in [0.29, 0.717) is 23.4 Å².